The molecular weight excluding hydrogens is 178 g/mol. The van der Waals surface area contributed by atoms with Gasteiger partial charge in [0.25, 0.3) is 0 Å². The second-order valence-electron chi connectivity index (χ2n) is 5.34. The Morgan fingerprint density at radius 1 is 1.08 bits per heavy atom. The lowest BCUT2D eigenvalue weighted by Gasteiger charge is -2.38. The smallest absolute Gasteiger partial charge is 0.0251 e. The van der Waals surface area contributed by atoms with Crippen molar-refractivity contribution in [1.82, 2.24) is 5.32 Å². The number of hydrogen-bond donors (Lipinski definition) is 1. The minimum Gasteiger partial charge on any atom is -0.310 e. The molecular formula is C11H21NS. The molecule has 0 aromatic rings. The molecule has 2 heteroatoms. The molecule has 1 heterocycles. The summed E-state index contributed by atoms with van der Waals surface area (Å²) in [5.41, 5.74) is 0.618. The summed E-state index contributed by atoms with van der Waals surface area (Å²) in [6.45, 7) is 4.81. The average Bonchev–Trinajstić information content (AvgIpc) is 1.99. The van der Waals surface area contributed by atoms with Crippen molar-refractivity contribution in [2.24, 2.45) is 5.41 Å². The third kappa shape index (κ3) is 2.63. The van der Waals surface area contributed by atoms with Gasteiger partial charge >= 0.3 is 0 Å². The van der Waals surface area contributed by atoms with Crippen molar-refractivity contribution in [3.8, 4) is 0 Å². The Hall–Kier alpha value is 0.310. The Kier molecular flexibility index (Phi) is 2.89. The zero-order valence-corrected chi connectivity index (χ0v) is 9.62. The van der Waals surface area contributed by atoms with Gasteiger partial charge in [0, 0.05) is 23.6 Å². The molecule has 1 N–H and O–H groups in total. The molecule has 2 fully saturated rings. The van der Waals surface area contributed by atoms with Gasteiger partial charge in [-0.3, -0.25) is 0 Å². The molecule has 0 aromatic carbocycles. The lowest BCUT2D eigenvalue weighted by Crippen LogP contribution is -2.47. The highest BCUT2D eigenvalue weighted by atomic mass is 32.2. The summed E-state index contributed by atoms with van der Waals surface area (Å²) in [6, 6.07) is 1.68. The molecule has 0 spiro atoms. The molecule has 76 valence electrons. The van der Waals surface area contributed by atoms with E-state index in [0.717, 1.165) is 12.1 Å². The first-order valence-corrected chi connectivity index (χ1v) is 6.65. The molecule has 1 aliphatic heterocycles. The first-order valence-electron chi connectivity index (χ1n) is 5.49. The van der Waals surface area contributed by atoms with Crippen LogP contribution in [-0.2, 0) is 0 Å². The summed E-state index contributed by atoms with van der Waals surface area (Å²) in [5.74, 6) is 2.69. The highest BCUT2D eigenvalue weighted by Gasteiger charge is 2.29. The first kappa shape index (κ1) is 9.85. The Labute approximate surface area is 86.0 Å². The van der Waals surface area contributed by atoms with Crippen molar-refractivity contribution < 1.29 is 0 Å². The minimum atomic E-state index is 0.618. The van der Waals surface area contributed by atoms with Gasteiger partial charge in [0.1, 0.15) is 0 Å². The van der Waals surface area contributed by atoms with Gasteiger partial charge in [0.2, 0.25) is 0 Å². The Morgan fingerprint density at radius 3 is 2.15 bits per heavy atom. The van der Waals surface area contributed by atoms with Crippen LogP contribution in [0, 0.1) is 5.41 Å². The maximum absolute atomic E-state index is 3.77. The second kappa shape index (κ2) is 3.82. The summed E-state index contributed by atoms with van der Waals surface area (Å²) in [4.78, 5) is 0. The van der Waals surface area contributed by atoms with Gasteiger partial charge in [0.15, 0.2) is 0 Å². The van der Waals surface area contributed by atoms with E-state index in [-0.39, 0.29) is 0 Å². The van der Waals surface area contributed by atoms with Crippen molar-refractivity contribution in [3.63, 3.8) is 0 Å². The first-order chi connectivity index (χ1) is 6.16. The second-order valence-corrected chi connectivity index (χ2v) is 6.41. The van der Waals surface area contributed by atoms with Crippen molar-refractivity contribution in [3.05, 3.63) is 0 Å². The summed E-state index contributed by atoms with van der Waals surface area (Å²) >= 11 is 2.07. The number of thioether (sulfide) groups is 1. The Bertz CT molecular complexity index is 165. The van der Waals surface area contributed by atoms with Crippen molar-refractivity contribution in [2.45, 2.75) is 51.6 Å². The lowest BCUT2D eigenvalue weighted by atomic mass is 9.75. The van der Waals surface area contributed by atoms with Gasteiger partial charge in [-0.2, -0.15) is 11.8 Å². The van der Waals surface area contributed by atoms with Gasteiger partial charge in [-0.15, -0.1) is 0 Å². The fourth-order valence-electron chi connectivity index (χ4n) is 2.23. The normalized spacial score (nSPS) is 30.0. The molecule has 0 amide bonds. The summed E-state index contributed by atoms with van der Waals surface area (Å²) in [5, 5.41) is 3.77. The van der Waals surface area contributed by atoms with E-state index in [1.54, 1.807) is 0 Å². The van der Waals surface area contributed by atoms with Crippen LogP contribution in [-0.4, -0.2) is 23.6 Å². The molecule has 1 aliphatic carbocycles. The third-order valence-corrected chi connectivity index (χ3v) is 4.72. The fourth-order valence-corrected chi connectivity index (χ4v) is 2.90. The maximum atomic E-state index is 3.77. The van der Waals surface area contributed by atoms with Crippen LogP contribution in [0.3, 0.4) is 0 Å². The molecule has 13 heavy (non-hydrogen) atoms. The quantitative estimate of drug-likeness (QED) is 0.734. The summed E-state index contributed by atoms with van der Waals surface area (Å²) < 4.78 is 0. The maximum Gasteiger partial charge on any atom is 0.0251 e. The summed E-state index contributed by atoms with van der Waals surface area (Å²) in [6.07, 6.45) is 5.61. The van der Waals surface area contributed by atoms with Gasteiger partial charge in [-0.05, 0) is 31.1 Å². The van der Waals surface area contributed by atoms with Gasteiger partial charge in [0.05, 0.1) is 0 Å². The van der Waals surface area contributed by atoms with Crippen LogP contribution in [0.1, 0.15) is 39.5 Å². The van der Waals surface area contributed by atoms with Gasteiger partial charge in [-0.25, -0.2) is 0 Å². The zero-order valence-electron chi connectivity index (χ0n) is 8.81. The molecule has 2 rings (SSSR count). The summed E-state index contributed by atoms with van der Waals surface area (Å²) in [7, 11) is 0. The molecule has 1 nitrogen and oxygen atoms in total. The number of hydrogen-bond acceptors (Lipinski definition) is 2. The molecule has 0 atom stereocenters. The minimum absolute atomic E-state index is 0.618. The van der Waals surface area contributed by atoms with Gasteiger partial charge in [-0.1, -0.05) is 13.8 Å². The molecule has 0 aromatic heterocycles. The van der Waals surface area contributed by atoms with Crippen LogP contribution in [0.25, 0.3) is 0 Å². The molecule has 0 bridgehead atoms. The van der Waals surface area contributed by atoms with Crippen LogP contribution < -0.4 is 5.32 Å². The lowest BCUT2D eigenvalue weighted by molar-refractivity contribution is 0.201. The average molecular weight is 199 g/mol. The van der Waals surface area contributed by atoms with Crippen molar-refractivity contribution in [2.75, 3.05) is 11.5 Å². The van der Waals surface area contributed by atoms with E-state index < -0.39 is 0 Å². The van der Waals surface area contributed by atoms with E-state index in [4.69, 9.17) is 0 Å². The van der Waals surface area contributed by atoms with Crippen LogP contribution in [0.15, 0.2) is 0 Å². The SMILES string of the molecule is CC1(C)CCC(NC2CSC2)CC1. The van der Waals surface area contributed by atoms with E-state index in [2.05, 4.69) is 30.9 Å². The topological polar surface area (TPSA) is 12.0 Å². The van der Waals surface area contributed by atoms with E-state index in [1.807, 2.05) is 0 Å². The molecule has 0 radical (unpaired) electrons. The Morgan fingerprint density at radius 2 is 1.69 bits per heavy atom. The van der Waals surface area contributed by atoms with Crippen LogP contribution in [0.2, 0.25) is 0 Å². The van der Waals surface area contributed by atoms with Crippen LogP contribution in [0.5, 0.6) is 0 Å². The van der Waals surface area contributed by atoms with E-state index in [0.29, 0.717) is 5.41 Å². The standard InChI is InChI=1S/C11H21NS/c1-11(2)5-3-9(4-6-11)12-10-7-13-8-10/h9-10,12H,3-8H2,1-2H3. The monoisotopic (exact) mass is 199 g/mol. The fraction of sp³-hybridized carbons (Fsp3) is 1.00. The molecule has 0 unspecified atom stereocenters. The van der Waals surface area contributed by atoms with E-state index >= 15 is 0 Å². The van der Waals surface area contributed by atoms with Crippen LogP contribution >= 0.6 is 11.8 Å². The van der Waals surface area contributed by atoms with E-state index in [1.165, 1.54) is 37.2 Å². The zero-order chi connectivity index (χ0) is 9.31. The highest BCUT2D eigenvalue weighted by Crippen LogP contribution is 2.35. The van der Waals surface area contributed by atoms with Crippen LogP contribution in [0.4, 0.5) is 0 Å². The van der Waals surface area contributed by atoms with Crippen molar-refractivity contribution >= 4 is 11.8 Å². The molecule has 1 saturated carbocycles. The number of nitrogens with one attached hydrogen (secondary N) is 1. The van der Waals surface area contributed by atoms with E-state index in [9.17, 15) is 0 Å². The predicted molar refractivity (Wildman–Crippen MR) is 60.3 cm³/mol. The Balaban J connectivity index is 1.71. The third-order valence-electron chi connectivity index (χ3n) is 3.45. The largest absolute Gasteiger partial charge is 0.310 e. The predicted octanol–water partition coefficient (Wildman–Crippen LogP) is 2.66. The van der Waals surface area contributed by atoms with Gasteiger partial charge < -0.3 is 5.32 Å². The molecule has 1 saturated heterocycles. The van der Waals surface area contributed by atoms with Crippen molar-refractivity contribution in [1.29, 1.82) is 0 Å². The highest BCUT2D eigenvalue weighted by molar-refractivity contribution is 8.00. The molecule has 2 aliphatic rings. The number of rotatable bonds is 2.